The third-order valence-corrected chi connectivity index (χ3v) is 6.23. The van der Waals surface area contributed by atoms with E-state index in [0.717, 1.165) is 0 Å². The third kappa shape index (κ3) is 7.48. The summed E-state index contributed by atoms with van der Waals surface area (Å²) in [5, 5.41) is 37.4. The van der Waals surface area contributed by atoms with Crippen molar-refractivity contribution in [2.75, 3.05) is 6.67 Å². The van der Waals surface area contributed by atoms with Gasteiger partial charge in [0.1, 0.15) is 17.4 Å². The number of nitrogens with zero attached hydrogens (tertiary/aromatic N) is 5. The number of aromatic nitrogens is 3. The molecule has 1 aromatic heterocycles. The fourth-order valence-electron chi connectivity index (χ4n) is 4.20. The average molecular weight is 560 g/mol. The van der Waals surface area contributed by atoms with Gasteiger partial charge in [-0.05, 0) is 37.7 Å². The number of hydrogen-bond donors (Lipinski definition) is 3. The van der Waals surface area contributed by atoms with E-state index in [0.29, 0.717) is 53.3 Å². The molecule has 0 aliphatic carbocycles. The standard InChI is InChI=1S/C26H30FN5O8/c27-13-6-9-18-16-30(29-28-18)14-5-4-10-20(33)22-23(36)31(15-17-7-2-1-3-8-17)26(40)32(24(22)37)19(25(38)39)11-12-21(34)35/h1-3,7-8,16,19,33H,4-6,9-15H2,(H,34,35)(H,38,39). The number of carboxylic acids is 2. The molecular formula is C26H30FN5O8. The molecule has 2 heterocycles. The largest absolute Gasteiger partial charge is 0.511 e. The lowest BCUT2D eigenvalue weighted by atomic mass is 10.0. The van der Waals surface area contributed by atoms with E-state index in [1.807, 2.05) is 0 Å². The van der Waals surface area contributed by atoms with Crippen molar-refractivity contribution in [2.24, 2.45) is 0 Å². The summed E-state index contributed by atoms with van der Waals surface area (Å²) < 4.78 is 13.9. The second-order valence-corrected chi connectivity index (χ2v) is 9.17. The quantitative estimate of drug-likeness (QED) is 0.127. The van der Waals surface area contributed by atoms with Gasteiger partial charge < -0.3 is 15.3 Å². The van der Waals surface area contributed by atoms with Crippen LogP contribution in [0.15, 0.2) is 47.9 Å². The highest BCUT2D eigenvalue weighted by Gasteiger charge is 2.48. The molecule has 4 amide bonds. The molecule has 1 aliphatic heterocycles. The van der Waals surface area contributed by atoms with Crippen LogP contribution in [0.25, 0.3) is 0 Å². The number of imide groups is 2. The first-order valence-electron chi connectivity index (χ1n) is 12.7. The van der Waals surface area contributed by atoms with Gasteiger partial charge in [-0.1, -0.05) is 35.5 Å². The first-order valence-corrected chi connectivity index (χ1v) is 12.7. The molecule has 1 atom stereocenters. The van der Waals surface area contributed by atoms with Crippen LogP contribution in [-0.4, -0.2) is 82.6 Å². The summed E-state index contributed by atoms with van der Waals surface area (Å²) in [5.41, 5.74) is 0.403. The molecule has 1 fully saturated rings. The monoisotopic (exact) mass is 559 g/mol. The lowest BCUT2D eigenvalue weighted by molar-refractivity contribution is -0.151. The summed E-state index contributed by atoms with van der Waals surface area (Å²) in [4.78, 5) is 63.9. The van der Waals surface area contributed by atoms with E-state index in [2.05, 4.69) is 10.3 Å². The number of unbranched alkanes of at least 4 members (excludes halogenated alkanes) is 1. The Labute approximate surface area is 228 Å². The van der Waals surface area contributed by atoms with Crippen molar-refractivity contribution in [1.82, 2.24) is 24.8 Å². The molecule has 40 heavy (non-hydrogen) atoms. The van der Waals surface area contributed by atoms with Gasteiger partial charge in [-0.2, -0.15) is 0 Å². The van der Waals surface area contributed by atoms with Gasteiger partial charge in [0.05, 0.1) is 18.9 Å². The number of rotatable bonds is 15. The van der Waals surface area contributed by atoms with Crippen molar-refractivity contribution in [3.63, 3.8) is 0 Å². The number of halogens is 1. The van der Waals surface area contributed by atoms with Gasteiger partial charge in [-0.25, -0.2) is 14.5 Å². The summed E-state index contributed by atoms with van der Waals surface area (Å²) >= 11 is 0. The summed E-state index contributed by atoms with van der Waals surface area (Å²) in [6, 6.07) is 5.20. The predicted molar refractivity (Wildman–Crippen MR) is 135 cm³/mol. The molecule has 2 aromatic rings. The Morgan fingerprint density at radius 2 is 1.68 bits per heavy atom. The molecule has 0 spiro atoms. The van der Waals surface area contributed by atoms with E-state index in [4.69, 9.17) is 5.11 Å². The second kappa shape index (κ2) is 14.0. The van der Waals surface area contributed by atoms with Gasteiger partial charge in [-0.3, -0.25) is 28.4 Å². The highest BCUT2D eigenvalue weighted by Crippen LogP contribution is 2.27. The zero-order chi connectivity index (χ0) is 29.2. The van der Waals surface area contributed by atoms with Crippen molar-refractivity contribution in [2.45, 2.75) is 64.1 Å². The number of barbiturate groups is 1. The summed E-state index contributed by atoms with van der Waals surface area (Å²) in [5.74, 6) is -5.96. The van der Waals surface area contributed by atoms with E-state index >= 15 is 0 Å². The summed E-state index contributed by atoms with van der Waals surface area (Å²) in [6.07, 6.45) is 1.84. The van der Waals surface area contributed by atoms with E-state index in [1.165, 1.54) is 0 Å². The lowest BCUT2D eigenvalue weighted by Gasteiger charge is -2.37. The number of amides is 4. The Balaban J connectivity index is 1.82. The normalized spacial score (nSPS) is 15.9. The topological polar surface area (TPSA) is 183 Å². The van der Waals surface area contributed by atoms with Gasteiger partial charge in [0.2, 0.25) is 0 Å². The number of aliphatic hydroxyl groups is 1. The van der Waals surface area contributed by atoms with Crippen LogP contribution in [0.4, 0.5) is 9.18 Å². The van der Waals surface area contributed by atoms with Crippen molar-refractivity contribution in [3.8, 4) is 0 Å². The number of carbonyl (C=O) groups excluding carboxylic acids is 3. The zero-order valence-electron chi connectivity index (χ0n) is 21.6. The number of aliphatic hydroxyl groups excluding tert-OH is 1. The number of urea groups is 1. The van der Waals surface area contributed by atoms with Gasteiger partial charge >= 0.3 is 18.0 Å². The number of alkyl halides is 1. The zero-order valence-corrected chi connectivity index (χ0v) is 21.6. The van der Waals surface area contributed by atoms with Crippen molar-refractivity contribution < 1.29 is 43.7 Å². The molecular weight excluding hydrogens is 529 g/mol. The third-order valence-electron chi connectivity index (χ3n) is 6.23. The molecule has 214 valence electrons. The number of benzene rings is 1. The van der Waals surface area contributed by atoms with Crippen LogP contribution in [0.1, 0.15) is 49.8 Å². The molecule has 0 saturated carbocycles. The number of aryl methyl sites for hydroxylation is 2. The number of carboxylic acid groups (broad SMARTS) is 2. The maximum absolute atomic E-state index is 13.3. The molecule has 0 bridgehead atoms. The van der Waals surface area contributed by atoms with Crippen LogP contribution in [0.2, 0.25) is 0 Å². The highest BCUT2D eigenvalue weighted by molar-refractivity contribution is 6.29. The second-order valence-electron chi connectivity index (χ2n) is 9.17. The summed E-state index contributed by atoms with van der Waals surface area (Å²) in [6.45, 7) is -0.369. The molecule has 0 radical (unpaired) electrons. The van der Waals surface area contributed by atoms with Crippen LogP contribution in [0.3, 0.4) is 0 Å². The van der Waals surface area contributed by atoms with Gasteiger partial charge in [0.15, 0.2) is 0 Å². The van der Waals surface area contributed by atoms with E-state index in [-0.39, 0.29) is 13.0 Å². The Kier molecular flexibility index (Phi) is 10.4. The molecule has 1 saturated heterocycles. The van der Waals surface area contributed by atoms with Crippen LogP contribution in [0.5, 0.6) is 0 Å². The molecule has 3 rings (SSSR count). The maximum Gasteiger partial charge on any atom is 0.335 e. The van der Waals surface area contributed by atoms with Crippen LogP contribution < -0.4 is 0 Å². The SMILES string of the molecule is O=C(O)CCC(C(=O)O)N1C(=O)C(=C(O)CCCCn2cc(CCCF)nn2)C(=O)N(Cc2ccccc2)C1=O. The molecule has 1 unspecified atom stereocenters. The summed E-state index contributed by atoms with van der Waals surface area (Å²) in [7, 11) is 0. The molecule has 1 aromatic carbocycles. The van der Waals surface area contributed by atoms with Crippen LogP contribution >= 0.6 is 0 Å². The van der Waals surface area contributed by atoms with Crippen molar-refractivity contribution in [3.05, 3.63) is 59.1 Å². The Morgan fingerprint density at radius 3 is 2.33 bits per heavy atom. The van der Waals surface area contributed by atoms with Gasteiger partial charge in [0, 0.05) is 25.6 Å². The van der Waals surface area contributed by atoms with E-state index in [1.54, 1.807) is 41.2 Å². The van der Waals surface area contributed by atoms with Gasteiger partial charge in [0.25, 0.3) is 11.8 Å². The Bertz CT molecular complexity index is 1280. The number of carbonyl (C=O) groups is 5. The fraction of sp³-hybridized carbons (Fsp3) is 0.423. The van der Waals surface area contributed by atoms with Crippen LogP contribution in [-0.2, 0) is 38.7 Å². The van der Waals surface area contributed by atoms with Crippen molar-refractivity contribution >= 4 is 29.8 Å². The maximum atomic E-state index is 13.3. The number of allylic oxidation sites excluding steroid dienone is 1. The Morgan fingerprint density at radius 1 is 0.950 bits per heavy atom. The number of aliphatic carboxylic acids is 2. The average Bonchev–Trinajstić information content (AvgIpc) is 3.37. The molecule has 13 nitrogen and oxygen atoms in total. The van der Waals surface area contributed by atoms with E-state index < -0.39 is 66.7 Å². The van der Waals surface area contributed by atoms with E-state index in [9.17, 15) is 38.6 Å². The van der Waals surface area contributed by atoms with Crippen molar-refractivity contribution in [1.29, 1.82) is 0 Å². The minimum atomic E-state index is -1.87. The van der Waals surface area contributed by atoms with Gasteiger partial charge in [-0.15, -0.1) is 5.10 Å². The molecule has 14 heteroatoms. The fourth-order valence-corrected chi connectivity index (χ4v) is 4.20. The Hall–Kier alpha value is -4.62. The molecule has 1 aliphatic rings. The number of hydrogen-bond acceptors (Lipinski definition) is 8. The predicted octanol–water partition coefficient (Wildman–Crippen LogP) is 2.47. The molecule has 3 N–H and O–H groups in total. The first kappa shape index (κ1) is 29.9. The minimum absolute atomic E-state index is 0.135. The first-order chi connectivity index (χ1) is 19.1. The lowest BCUT2D eigenvalue weighted by Crippen LogP contribution is -2.61. The smallest absolute Gasteiger partial charge is 0.335 e. The minimum Gasteiger partial charge on any atom is -0.511 e. The highest BCUT2D eigenvalue weighted by atomic mass is 19.1. The van der Waals surface area contributed by atoms with Crippen LogP contribution in [0, 0.1) is 0 Å².